The molecule has 0 aliphatic carbocycles. The van der Waals surface area contributed by atoms with E-state index in [0.29, 0.717) is 11.7 Å². The minimum atomic E-state index is -0.175. The molecule has 1 aliphatic heterocycles. The Morgan fingerprint density at radius 1 is 1.42 bits per heavy atom. The lowest BCUT2D eigenvalue weighted by Crippen LogP contribution is -2.48. The van der Waals surface area contributed by atoms with Crippen molar-refractivity contribution in [3.8, 4) is 0 Å². The maximum absolute atomic E-state index is 11.9. The molecule has 0 saturated carbocycles. The van der Waals surface area contributed by atoms with Gasteiger partial charge >= 0.3 is 0 Å². The molecule has 24 heavy (non-hydrogen) atoms. The quantitative estimate of drug-likeness (QED) is 0.459. The Bertz CT molecular complexity index is 545. The van der Waals surface area contributed by atoms with Crippen molar-refractivity contribution in [2.45, 2.75) is 6.42 Å². The van der Waals surface area contributed by atoms with E-state index in [0.717, 1.165) is 43.7 Å². The standard InChI is InChI=1S/C14H24N6O2S2/c1-19(2)4-3-15-13(23)18-17-12(21)9-11-10-24-14(16-11)20-5-7-22-8-6-20/h10H,3-9H2,1-2H3,(H,17,21)(H2,15,18,23). The van der Waals surface area contributed by atoms with E-state index in [1.54, 1.807) is 11.3 Å². The Labute approximate surface area is 151 Å². The van der Waals surface area contributed by atoms with Crippen molar-refractivity contribution in [3.05, 3.63) is 11.1 Å². The zero-order valence-electron chi connectivity index (χ0n) is 14.0. The number of morpholine rings is 1. The molecular formula is C14H24N6O2S2. The molecule has 2 rings (SSSR count). The third kappa shape index (κ3) is 6.56. The Kier molecular flexibility index (Phi) is 7.63. The highest BCUT2D eigenvalue weighted by Crippen LogP contribution is 2.21. The van der Waals surface area contributed by atoms with Gasteiger partial charge in [-0.2, -0.15) is 0 Å². The number of thiocarbonyl (C=S) groups is 1. The Morgan fingerprint density at radius 2 is 2.17 bits per heavy atom. The molecule has 1 aliphatic rings. The normalized spacial score (nSPS) is 14.5. The maximum atomic E-state index is 11.9. The van der Waals surface area contributed by atoms with Crippen LogP contribution < -0.4 is 21.1 Å². The van der Waals surface area contributed by atoms with Gasteiger partial charge in [0.2, 0.25) is 5.91 Å². The van der Waals surface area contributed by atoms with Crippen LogP contribution in [0, 0.1) is 0 Å². The number of hydrazine groups is 1. The zero-order chi connectivity index (χ0) is 17.4. The van der Waals surface area contributed by atoms with Gasteiger partial charge in [-0.3, -0.25) is 15.6 Å². The monoisotopic (exact) mass is 372 g/mol. The molecule has 3 N–H and O–H groups in total. The molecule has 1 amide bonds. The number of ether oxygens (including phenoxy) is 1. The third-order valence-electron chi connectivity index (χ3n) is 3.32. The van der Waals surface area contributed by atoms with Crippen molar-refractivity contribution < 1.29 is 9.53 Å². The average molecular weight is 373 g/mol. The lowest BCUT2D eigenvalue weighted by molar-refractivity contribution is -0.121. The minimum absolute atomic E-state index is 0.175. The van der Waals surface area contributed by atoms with Crippen molar-refractivity contribution in [1.29, 1.82) is 0 Å². The predicted octanol–water partition coefficient (Wildman–Crippen LogP) is -0.421. The van der Waals surface area contributed by atoms with Gasteiger partial charge in [0.25, 0.3) is 0 Å². The first kappa shape index (κ1) is 18.8. The lowest BCUT2D eigenvalue weighted by Gasteiger charge is -2.26. The molecule has 1 aromatic rings. The van der Waals surface area contributed by atoms with Crippen LogP contribution in [0.5, 0.6) is 0 Å². The molecule has 0 radical (unpaired) electrons. The van der Waals surface area contributed by atoms with Crippen LogP contribution in [0.15, 0.2) is 5.38 Å². The molecule has 134 valence electrons. The molecule has 0 atom stereocenters. The fraction of sp³-hybridized carbons (Fsp3) is 0.643. The number of likely N-dealkylation sites (N-methyl/N-ethyl adjacent to an activating group) is 1. The fourth-order valence-corrected chi connectivity index (χ4v) is 3.08. The molecule has 10 heteroatoms. The number of anilines is 1. The predicted molar refractivity (Wildman–Crippen MR) is 99.3 cm³/mol. The Hall–Kier alpha value is -1.49. The summed E-state index contributed by atoms with van der Waals surface area (Å²) in [5.74, 6) is -0.175. The van der Waals surface area contributed by atoms with Crippen molar-refractivity contribution in [1.82, 2.24) is 26.1 Å². The summed E-state index contributed by atoms with van der Waals surface area (Å²) in [6.45, 7) is 4.69. The van der Waals surface area contributed by atoms with Gasteiger partial charge in [-0.05, 0) is 26.3 Å². The number of nitrogens with zero attached hydrogens (tertiary/aromatic N) is 3. The second-order valence-corrected chi connectivity index (χ2v) is 6.87. The zero-order valence-corrected chi connectivity index (χ0v) is 15.6. The topological polar surface area (TPSA) is 81.8 Å². The van der Waals surface area contributed by atoms with Gasteiger partial charge in [-0.1, -0.05) is 0 Å². The van der Waals surface area contributed by atoms with Gasteiger partial charge in [0.1, 0.15) is 0 Å². The van der Waals surface area contributed by atoms with Gasteiger partial charge in [0.05, 0.1) is 25.3 Å². The van der Waals surface area contributed by atoms with Crippen LogP contribution in [-0.4, -0.2) is 74.4 Å². The van der Waals surface area contributed by atoms with E-state index in [4.69, 9.17) is 17.0 Å². The number of thiazole rings is 1. The third-order valence-corrected chi connectivity index (χ3v) is 4.52. The summed E-state index contributed by atoms with van der Waals surface area (Å²) in [5, 5.41) is 6.27. The van der Waals surface area contributed by atoms with Crippen LogP contribution >= 0.6 is 23.6 Å². The van der Waals surface area contributed by atoms with Crippen LogP contribution in [0.2, 0.25) is 0 Å². The van der Waals surface area contributed by atoms with E-state index in [9.17, 15) is 4.79 Å². The molecule has 0 bridgehead atoms. The number of rotatable bonds is 6. The number of carbonyl (C=O) groups is 1. The highest BCUT2D eigenvalue weighted by molar-refractivity contribution is 7.80. The minimum Gasteiger partial charge on any atom is -0.378 e. The van der Waals surface area contributed by atoms with Gasteiger partial charge in [0, 0.05) is 31.6 Å². The van der Waals surface area contributed by atoms with E-state index in [1.165, 1.54) is 0 Å². The summed E-state index contributed by atoms with van der Waals surface area (Å²) >= 11 is 6.64. The van der Waals surface area contributed by atoms with Gasteiger partial charge in [0.15, 0.2) is 10.2 Å². The molecule has 1 fully saturated rings. The van der Waals surface area contributed by atoms with E-state index in [1.807, 2.05) is 24.4 Å². The largest absolute Gasteiger partial charge is 0.378 e. The van der Waals surface area contributed by atoms with Crippen molar-refractivity contribution >= 4 is 39.7 Å². The summed E-state index contributed by atoms with van der Waals surface area (Å²) in [4.78, 5) is 20.7. The molecule has 0 aromatic carbocycles. The number of amides is 1. The van der Waals surface area contributed by atoms with Crippen molar-refractivity contribution in [2.75, 3.05) is 58.4 Å². The molecule has 1 aromatic heterocycles. The number of carbonyl (C=O) groups excluding carboxylic acids is 1. The van der Waals surface area contributed by atoms with Gasteiger partial charge in [-0.15, -0.1) is 11.3 Å². The van der Waals surface area contributed by atoms with Crippen LogP contribution in [-0.2, 0) is 16.0 Å². The summed E-state index contributed by atoms with van der Waals surface area (Å²) < 4.78 is 5.33. The van der Waals surface area contributed by atoms with Crippen LogP contribution in [0.3, 0.4) is 0 Å². The number of nitrogens with one attached hydrogen (secondary N) is 3. The highest BCUT2D eigenvalue weighted by atomic mass is 32.1. The number of aromatic nitrogens is 1. The average Bonchev–Trinajstić information content (AvgIpc) is 3.02. The molecule has 8 nitrogen and oxygen atoms in total. The SMILES string of the molecule is CN(C)CCNC(=S)NNC(=O)Cc1csc(N2CCOCC2)n1. The number of hydrogen-bond acceptors (Lipinski definition) is 7. The fourth-order valence-electron chi connectivity index (χ4n) is 2.05. The Morgan fingerprint density at radius 3 is 2.88 bits per heavy atom. The summed E-state index contributed by atoms with van der Waals surface area (Å²) in [5.41, 5.74) is 6.04. The van der Waals surface area contributed by atoms with E-state index >= 15 is 0 Å². The molecular weight excluding hydrogens is 348 g/mol. The van der Waals surface area contributed by atoms with Crippen molar-refractivity contribution in [2.24, 2.45) is 0 Å². The number of hydrogen-bond donors (Lipinski definition) is 3. The van der Waals surface area contributed by atoms with E-state index in [-0.39, 0.29) is 12.3 Å². The van der Waals surface area contributed by atoms with E-state index in [2.05, 4.69) is 26.1 Å². The summed E-state index contributed by atoms with van der Waals surface area (Å²) in [6, 6.07) is 0. The smallest absolute Gasteiger partial charge is 0.244 e. The van der Waals surface area contributed by atoms with Gasteiger partial charge in [-0.25, -0.2) is 4.98 Å². The van der Waals surface area contributed by atoms with Crippen molar-refractivity contribution in [3.63, 3.8) is 0 Å². The van der Waals surface area contributed by atoms with Crippen LogP contribution in [0.1, 0.15) is 5.69 Å². The second-order valence-electron chi connectivity index (χ2n) is 5.63. The molecule has 0 unspecified atom stereocenters. The summed E-state index contributed by atoms with van der Waals surface area (Å²) in [6.07, 6.45) is 0.216. The first-order valence-electron chi connectivity index (χ1n) is 7.79. The first-order chi connectivity index (χ1) is 11.5. The highest BCUT2D eigenvalue weighted by Gasteiger charge is 2.15. The Balaban J connectivity index is 1.68. The van der Waals surface area contributed by atoms with Gasteiger partial charge < -0.3 is 19.9 Å². The molecule has 1 saturated heterocycles. The first-order valence-corrected chi connectivity index (χ1v) is 9.08. The lowest BCUT2D eigenvalue weighted by atomic mass is 10.3. The maximum Gasteiger partial charge on any atom is 0.244 e. The summed E-state index contributed by atoms with van der Waals surface area (Å²) in [7, 11) is 3.97. The molecule has 0 spiro atoms. The second kappa shape index (κ2) is 9.72. The molecule has 2 heterocycles. The van der Waals surface area contributed by atoms with E-state index < -0.39 is 0 Å². The van der Waals surface area contributed by atoms with Crippen LogP contribution in [0.4, 0.5) is 5.13 Å². The van der Waals surface area contributed by atoms with Crippen LogP contribution in [0.25, 0.3) is 0 Å².